The monoisotopic (exact) mass is 420 g/mol. The van der Waals surface area contributed by atoms with Crippen LogP contribution in [0.5, 0.6) is 0 Å². The van der Waals surface area contributed by atoms with Crippen LogP contribution in [0.25, 0.3) is 0 Å². The Hall–Kier alpha value is -0.630. The smallest absolute Gasteiger partial charge is 0.457 e. The fourth-order valence-corrected chi connectivity index (χ4v) is 7.18. The zero-order valence-corrected chi connectivity index (χ0v) is 14.9. The molecule has 1 aliphatic carbocycles. The maximum Gasteiger partial charge on any atom is 0.465 e. The minimum Gasteiger partial charge on any atom is -0.457 e. The highest BCUT2D eigenvalue weighted by molar-refractivity contribution is 8.22. The SMILES string of the molecule is O=C1OC(O)C2SC3(CCC(OC(=O)C(F)(F)S(=O)(=O)O)CC3)SC12. The predicted molar refractivity (Wildman–Crippen MR) is 82.4 cm³/mol. The van der Waals surface area contributed by atoms with Gasteiger partial charge in [-0.2, -0.15) is 17.2 Å². The molecule has 3 unspecified atom stereocenters. The fourth-order valence-electron chi connectivity index (χ4n) is 2.99. The maximum absolute atomic E-state index is 13.2. The summed E-state index contributed by atoms with van der Waals surface area (Å²) >= 11 is 2.74. The lowest BCUT2D eigenvalue weighted by molar-refractivity contribution is -0.168. The average molecular weight is 420 g/mol. The first-order chi connectivity index (χ1) is 11.5. The van der Waals surface area contributed by atoms with Gasteiger partial charge in [0.05, 0.1) is 9.33 Å². The van der Waals surface area contributed by atoms with E-state index in [1.165, 1.54) is 23.5 Å². The van der Waals surface area contributed by atoms with Crippen molar-refractivity contribution in [3.05, 3.63) is 0 Å². The van der Waals surface area contributed by atoms with Gasteiger partial charge in [0, 0.05) is 0 Å². The molecule has 0 bridgehead atoms. The molecule has 2 saturated heterocycles. The molecule has 2 N–H and O–H groups in total. The van der Waals surface area contributed by atoms with Crippen LogP contribution in [0.2, 0.25) is 0 Å². The summed E-state index contributed by atoms with van der Waals surface area (Å²) in [6.45, 7) is 0. The minimum absolute atomic E-state index is 0.192. The van der Waals surface area contributed by atoms with Crippen LogP contribution in [-0.2, 0) is 29.2 Å². The Morgan fingerprint density at radius 1 is 1.32 bits per heavy atom. The van der Waals surface area contributed by atoms with E-state index in [0.29, 0.717) is 12.8 Å². The number of hydrogen-bond acceptors (Lipinski definition) is 9. The number of carbonyl (C=O) groups is 2. The molecule has 0 amide bonds. The molecule has 8 nitrogen and oxygen atoms in total. The highest BCUT2D eigenvalue weighted by Crippen LogP contribution is 2.61. The number of rotatable bonds is 3. The van der Waals surface area contributed by atoms with Crippen molar-refractivity contribution in [2.45, 2.75) is 57.9 Å². The molecule has 3 atom stereocenters. The fraction of sp³-hybridized carbons (Fsp3) is 0.833. The lowest BCUT2D eigenvalue weighted by Gasteiger charge is -2.36. The quantitative estimate of drug-likeness (QED) is 0.498. The van der Waals surface area contributed by atoms with E-state index < -0.39 is 54.3 Å². The summed E-state index contributed by atoms with van der Waals surface area (Å²) in [5.74, 6) is -2.80. The highest BCUT2D eigenvalue weighted by Gasteiger charge is 2.59. The zero-order chi connectivity index (χ0) is 18.6. The van der Waals surface area contributed by atoms with Gasteiger partial charge in [-0.25, -0.2) is 4.79 Å². The van der Waals surface area contributed by atoms with Crippen molar-refractivity contribution in [1.29, 1.82) is 0 Å². The van der Waals surface area contributed by atoms with Crippen molar-refractivity contribution >= 4 is 45.6 Å². The van der Waals surface area contributed by atoms with E-state index >= 15 is 0 Å². The number of fused-ring (bicyclic) bond motifs is 1. The van der Waals surface area contributed by atoms with E-state index in [1.54, 1.807) is 0 Å². The Balaban J connectivity index is 1.58. The molecule has 25 heavy (non-hydrogen) atoms. The van der Waals surface area contributed by atoms with E-state index in [4.69, 9.17) is 9.29 Å². The Morgan fingerprint density at radius 2 is 1.92 bits per heavy atom. The molecule has 1 saturated carbocycles. The molecule has 0 aromatic rings. The molecular weight excluding hydrogens is 406 g/mol. The summed E-state index contributed by atoms with van der Waals surface area (Å²) in [5.41, 5.74) is 0. The van der Waals surface area contributed by atoms with Crippen LogP contribution in [0.1, 0.15) is 25.7 Å². The molecule has 0 aromatic heterocycles. The zero-order valence-electron chi connectivity index (χ0n) is 12.5. The van der Waals surface area contributed by atoms with E-state index in [9.17, 15) is 31.9 Å². The molecule has 2 aliphatic heterocycles. The molecule has 0 aromatic carbocycles. The van der Waals surface area contributed by atoms with E-state index in [2.05, 4.69) is 4.74 Å². The summed E-state index contributed by atoms with van der Waals surface area (Å²) in [6, 6.07) is 0. The van der Waals surface area contributed by atoms with Gasteiger partial charge in [-0.05, 0) is 25.7 Å². The topological polar surface area (TPSA) is 127 Å². The Bertz CT molecular complexity index is 688. The van der Waals surface area contributed by atoms with Crippen molar-refractivity contribution in [1.82, 2.24) is 0 Å². The van der Waals surface area contributed by atoms with Crippen LogP contribution >= 0.6 is 23.5 Å². The number of ether oxygens (including phenoxy) is 2. The van der Waals surface area contributed by atoms with E-state index in [1.807, 2.05) is 0 Å². The van der Waals surface area contributed by atoms with Crippen molar-refractivity contribution in [3.63, 3.8) is 0 Å². The summed E-state index contributed by atoms with van der Waals surface area (Å²) < 4.78 is 64.8. The molecule has 0 radical (unpaired) electrons. The first kappa shape index (κ1) is 19.1. The van der Waals surface area contributed by atoms with Gasteiger partial charge in [0.15, 0.2) is 0 Å². The number of aliphatic hydroxyl groups is 1. The number of halogens is 2. The summed E-state index contributed by atoms with van der Waals surface area (Å²) in [5, 5.41) is 3.80. The standard InChI is InChI=1S/C12H14F2O8S3/c13-12(14,25(18,19)20)10(17)21-5-1-3-11(4-2-5)23-6-7(24-11)9(16)22-8(6)15/h5-8,15H,1-4H2,(H,18,19,20). The number of hydrogen-bond donors (Lipinski definition) is 2. The molecule has 3 rings (SSSR count). The molecular formula is C12H14F2O8S3. The summed E-state index contributed by atoms with van der Waals surface area (Å²) in [4.78, 5) is 23.0. The first-order valence-electron chi connectivity index (χ1n) is 7.25. The van der Waals surface area contributed by atoms with Crippen LogP contribution in [0.15, 0.2) is 0 Å². The largest absolute Gasteiger partial charge is 0.465 e. The number of thioether (sulfide) groups is 2. The average Bonchev–Trinajstić information content (AvgIpc) is 2.99. The van der Waals surface area contributed by atoms with E-state index in [0.717, 1.165) is 0 Å². The normalized spacial score (nSPS) is 38.5. The molecule has 142 valence electrons. The summed E-state index contributed by atoms with van der Waals surface area (Å²) in [7, 11) is -5.89. The minimum atomic E-state index is -5.89. The van der Waals surface area contributed by atoms with Crippen molar-refractivity contribution in [2.75, 3.05) is 0 Å². The van der Waals surface area contributed by atoms with Gasteiger partial charge in [0.2, 0.25) is 6.29 Å². The molecule has 1 spiro atoms. The summed E-state index contributed by atoms with van der Waals surface area (Å²) in [6.07, 6.45) is -0.867. The third-order valence-corrected chi connectivity index (χ3v) is 9.03. The Labute approximate surface area is 149 Å². The molecule has 3 fully saturated rings. The van der Waals surface area contributed by atoms with Crippen LogP contribution < -0.4 is 0 Å². The van der Waals surface area contributed by atoms with Gasteiger partial charge in [-0.1, -0.05) is 0 Å². The van der Waals surface area contributed by atoms with Gasteiger partial charge in [0.25, 0.3) is 0 Å². The third-order valence-electron chi connectivity index (χ3n) is 4.27. The van der Waals surface area contributed by atoms with Gasteiger partial charge in [-0.3, -0.25) is 9.35 Å². The maximum atomic E-state index is 13.2. The van der Waals surface area contributed by atoms with Crippen molar-refractivity contribution in [3.8, 4) is 0 Å². The van der Waals surface area contributed by atoms with Gasteiger partial charge < -0.3 is 14.6 Å². The number of alkyl halides is 2. The van der Waals surface area contributed by atoms with Crippen molar-refractivity contribution < 1.29 is 45.9 Å². The molecule has 3 aliphatic rings. The van der Waals surface area contributed by atoms with E-state index in [-0.39, 0.29) is 12.8 Å². The highest BCUT2D eigenvalue weighted by atomic mass is 32.2. The van der Waals surface area contributed by atoms with Crippen LogP contribution in [0.3, 0.4) is 0 Å². The van der Waals surface area contributed by atoms with Gasteiger partial charge >= 0.3 is 27.3 Å². The van der Waals surface area contributed by atoms with Gasteiger partial charge in [-0.15, -0.1) is 23.5 Å². The Kier molecular flexibility index (Phi) is 4.76. The number of esters is 2. The number of carbonyl (C=O) groups excluding carboxylic acids is 2. The van der Waals surface area contributed by atoms with Gasteiger partial charge in [0.1, 0.15) is 11.4 Å². The number of aliphatic hydroxyl groups excluding tert-OH is 1. The second-order valence-corrected chi connectivity index (χ2v) is 10.8. The molecule has 13 heteroatoms. The first-order valence-corrected chi connectivity index (χ1v) is 10.5. The second kappa shape index (κ2) is 6.22. The third kappa shape index (κ3) is 3.36. The van der Waals surface area contributed by atoms with Crippen LogP contribution in [0, 0.1) is 0 Å². The second-order valence-electron chi connectivity index (χ2n) is 5.96. The predicted octanol–water partition coefficient (Wildman–Crippen LogP) is 0.741. The lowest BCUT2D eigenvalue weighted by atomic mass is 9.96. The Morgan fingerprint density at radius 3 is 2.44 bits per heavy atom. The number of cyclic esters (lactones) is 1. The lowest BCUT2D eigenvalue weighted by Crippen LogP contribution is -2.42. The van der Waals surface area contributed by atoms with Crippen LogP contribution in [-0.4, -0.2) is 62.2 Å². The van der Waals surface area contributed by atoms with Crippen LogP contribution in [0.4, 0.5) is 8.78 Å². The van der Waals surface area contributed by atoms with Crippen molar-refractivity contribution in [2.24, 2.45) is 0 Å². The molecule has 2 heterocycles.